The summed E-state index contributed by atoms with van der Waals surface area (Å²) in [6, 6.07) is 11.3. The summed E-state index contributed by atoms with van der Waals surface area (Å²) in [5.41, 5.74) is 2.84. The van der Waals surface area contributed by atoms with Crippen molar-refractivity contribution in [2.75, 3.05) is 20.6 Å². The van der Waals surface area contributed by atoms with Gasteiger partial charge in [-0.25, -0.2) is 4.98 Å². The van der Waals surface area contributed by atoms with Gasteiger partial charge < -0.3 is 9.47 Å². The molecule has 1 aromatic heterocycles. The lowest BCUT2D eigenvalue weighted by atomic mass is 10.0. The number of benzene rings is 1. The standard InChI is InChI=1S/C22H30N4O/c1-15(2)13-25-17-10-11-18(25)14-26-19(12-17)20(22(27)24(3)4)23-21(26)16-8-6-5-7-9-16/h5-9,15,17-18H,10-14H2,1-4H3/t17-,18+/m0/s1. The molecule has 2 bridgehead atoms. The zero-order chi connectivity index (χ0) is 19.1. The van der Waals surface area contributed by atoms with Crippen LogP contribution in [0.2, 0.25) is 0 Å². The molecule has 144 valence electrons. The molecule has 0 saturated carbocycles. The monoisotopic (exact) mass is 366 g/mol. The molecule has 0 aliphatic carbocycles. The number of hydrogen-bond donors (Lipinski definition) is 0. The lowest BCUT2D eigenvalue weighted by Crippen LogP contribution is -2.39. The number of hydrogen-bond acceptors (Lipinski definition) is 3. The van der Waals surface area contributed by atoms with Crippen molar-refractivity contribution >= 4 is 5.91 Å². The Morgan fingerprint density at radius 2 is 1.89 bits per heavy atom. The van der Waals surface area contributed by atoms with Crippen LogP contribution in [0.15, 0.2) is 30.3 Å². The molecule has 5 heteroatoms. The maximum atomic E-state index is 12.9. The molecule has 27 heavy (non-hydrogen) atoms. The summed E-state index contributed by atoms with van der Waals surface area (Å²) in [6.07, 6.45) is 3.37. The van der Waals surface area contributed by atoms with Gasteiger partial charge in [-0.2, -0.15) is 0 Å². The second-order valence-electron chi connectivity index (χ2n) is 8.59. The van der Waals surface area contributed by atoms with Gasteiger partial charge in [-0.15, -0.1) is 0 Å². The fraction of sp³-hybridized carbons (Fsp3) is 0.545. The highest BCUT2D eigenvalue weighted by atomic mass is 16.2. The number of nitrogens with zero attached hydrogens (tertiary/aromatic N) is 4. The molecule has 0 radical (unpaired) electrons. The van der Waals surface area contributed by atoms with Gasteiger partial charge in [0.25, 0.3) is 5.91 Å². The lowest BCUT2D eigenvalue weighted by Gasteiger charge is -2.29. The molecule has 4 rings (SSSR count). The molecule has 1 fully saturated rings. The number of carbonyl (C=O) groups excluding carboxylic acids is 1. The summed E-state index contributed by atoms with van der Waals surface area (Å²) in [4.78, 5) is 22.1. The van der Waals surface area contributed by atoms with E-state index in [-0.39, 0.29) is 5.91 Å². The van der Waals surface area contributed by atoms with Crippen molar-refractivity contribution in [3.8, 4) is 11.4 Å². The molecular formula is C22H30N4O. The average molecular weight is 367 g/mol. The third kappa shape index (κ3) is 3.29. The quantitative estimate of drug-likeness (QED) is 0.834. The summed E-state index contributed by atoms with van der Waals surface area (Å²) < 4.78 is 2.34. The number of amides is 1. The summed E-state index contributed by atoms with van der Waals surface area (Å²) in [5.74, 6) is 1.60. The van der Waals surface area contributed by atoms with Crippen LogP contribution < -0.4 is 0 Å². The molecule has 1 aromatic carbocycles. The molecule has 0 N–H and O–H groups in total. The summed E-state index contributed by atoms with van der Waals surface area (Å²) in [5, 5.41) is 0. The maximum absolute atomic E-state index is 12.9. The maximum Gasteiger partial charge on any atom is 0.273 e. The van der Waals surface area contributed by atoms with Crippen molar-refractivity contribution in [2.24, 2.45) is 5.92 Å². The predicted octanol–water partition coefficient (Wildman–Crippen LogP) is 3.30. The molecule has 2 atom stereocenters. The van der Waals surface area contributed by atoms with Crippen LogP contribution in [0, 0.1) is 5.92 Å². The van der Waals surface area contributed by atoms with Crippen LogP contribution in [0.1, 0.15) is 42.9 Å². The first kappa shape index (κ1) is 18.2. The normalized spacial score (nSPS) is 22.0. The highest BCUT2D eigenvalue weighted by Crippen LogP contribution is 2.36. The van der Waals surface area contributed by atoms with E-state index in [4.69, 9.17) is 4.98 Å². The number of imidazole rings is 1. The van der Waals surface area contributed by atoms with E-state index in [2.05, 4.69) is 35.4 Å². The first-order chi connectivity index (χ1) is 13.0. The Kier molecular flexibility index (Phi) is 4.81. The Balaban J connectivity index is 1.81. The van der Waals surface area contributed by atoms with E-state index in [1.807, 2.05) is 32.3 Å². The Labute approximate surface area is 162 Å². The molecule has 2 aliphatic rings. The highest BCUT2D eigenvalue weighted by Gasteiger charge is 2.40. The number of rotatable bonds is 4. The number of fused-ring (bicyclic) bond motifs is 3. The Bertz CT molecular complexity index is 824. The highest BCUT2D eigenvalue weighted by molar-refractivity contribution is 5.94. The van der Waals surface area contributed by atoms with Crippen molar-refractivity contribution in [2.45, 2.75) is 51.7 Å². The van der Waals surface area contributed by atoms with Crippen molar-refractivity contribution < 1.29 is 4.79 Å². The van der Waals surface area contributed by atoms with Gasteiger partial charge in [0, 0.05) is 51.3 Å². The van der Waals surface area contributed by atoms with Crippen molar-refractivity contribution in [3.05, 3.63) is 41.7 Å². The van der Waals surface area contributed by atoms with Crippen LogP contribution in [0.4, 0.5) is 0 Å². The smallest absolute Gasteiger partial charge is 0.273 e. The SMILES string of the molecule is CC(C)CN1[C@@H]2CC[C@H]1Cc1c(C(=O)N(C)C)nc(-c3ccccc3)n1C2. The van der Waals surface area contributed by atoms with E-state index < -0.39 is 0 Å². The first-order valence-corrected chi connectivity index (χ1v) is 10.1. The van der Waals surface area contributed by atoms with E-state index in [1.54, 1.807) is 4.90 Å². The van der Waals surface area contributed by atoms with Gasteiger partial charge in [0.1, 0.15) is 11.5 Å². The fourth-order valence-electron chi connectivity index (χ4n) is 4.66. The molecule has 0 unspecified atom stereocenters. The summed E-state index contributed by atoms with van der Waals surface area (Å²) >= 11 is 0. The van der Waals surface area contributed by atoms with E-state index >= 15 is 0 Å². The topological polar surface area (TPSA) is 41.4 Å². The zero-order valence-corrected chi connectivity index (χ0v) is 16.9. The van der Waals surface area contributed by atoms with Gasteiger partial charge >= 0.3 is 0 Å². The van der Waals surface area contributed by atoms with Crippen LogP contribution in [0.5, 0.6) is 0 Å². The Hall–Kier alpha value is -2.14. The molecule has 3 heterocycles. The summed E-state index contributed by atoms with van der Waals surface area (Å²) in [7, 11) is 3.62. The van der Waals surface area contributed by atoms with Crippen LogP contribution in [-0.2, 0) is 13.0 Å². The molecule has 1 saturated heterocycles. The molecule has 5 nitrogen and oxygen atoms in total. The molecule has 2 aliphatic heterocycles. The van der Waals surface area contributed by atoms with Crippen molar-refractivity contribution in [1.82, 2.24) is 19.4 Å². The van der Waals surface area contributed by atoms with Gasteiger partial charge in [-0.1, -0.05) is 44.2 Å². The number of aromatic nitrogens is 2. The van der Waals surface area contributed by atoms with Crippen LogP contribution in [0.25, 0.3) is 11.4 Å². The minimum Gasteiger partial charge on any atom is -0.343 e. The van der Waals surface area contributed by atoms with Gasteiger partial charge in [-0.3, -0.25) is 9.69 Å². The van der Waals surface area contributed by atoms with E-state index in [1.165, 1.54) is 12.8 Å². The van der Waals surface area contributed by atoms with Crippen LogP contribution >= 0.6 is 0 Å². The minimum atomic E-state index is 0.00844. The second-order valence-corrected chi connectivity index (χ2v) is 8.59. The fourth-order valence-corrected chi connectivity index (χ4v) is 4.66. The van der Waals surface area contributed by atoms with E-state index in [9.17, 15) is 4.79 Å². The van der Waals surface area contributed by atoms with Crippen LogP contribution in [0.3, 0.4) is 0 Å². The molecule has 2 aromatic rings. The van der Waals surface area contributed by atoms with E-state index in [0.717, 1.165) is 36.6 Å². The Morgan fingerprint density at radius 1 is 1.19 bits per heavy atom. The summed E-state index contributed by atoms with van der Waals surface area (Å²) in [6.45, 7) is 6.65. The van der Waals surface area contributed by atoms with Crippen LogP contribution in [-0.4, -0.2) is 58.0 Å². The van der Waals surface area contributed by atoms with Crippen molar-refractivity contribution in [3.63, 3.8) is 0 Å². The molecule has 1 amide bonds. The van der Waals surface area contributed by atoms with Gasteiger partial charge in [0.2, 0.25) is 0 Å². The van der Waals surface area contributed by atoms with Gasteiger partial charge in [0.05, 0.1) is 5.69 Å². The lowest BCUT2D eigenvalue weighted by molar-refractivity contribution is 0.0821. The second kappa shape index (κ2) is 7.12. The predicted molar refractivity (Wildman–Crippen MR) is 108 cm³/mol. The first-order valence-electron chi connectivity index (χ1n) is 10.1. The average Bonchev–Trinajstić information content (AvgIpc) is 3.11. The molecule has 0 spiro atoms. The third-order valence-corrected chi connectivity index (χ3v) is 5.88. The third-order valence-electron chi connectivity index (χ3n) is 5.88. The Morgan fingerprint density at radius 3 is 2.56 bits per heavy atom. The van der Waals surface area contributed by atoms with E-state index in [0.29, 0.717) is 23.7 Å². The van der Waals surface area contributed by atoms with Crippen molar-refractivity contribution in [1.29, 1.82) is 0 Å². The van der Waals surface area contributed by atoms with Gasteiger partial charge in [0.15, 0.2) is 0 Å². The zero-order valence-electron chi connectivity index (χ0n) is 16.9. The minimum absolute atomic E-state index is 0.00844. The largest absolute Gasteiger partial charge is 0.343 e. The van der Waals surface area contributed by atoms with Gasteiger partial charge in [-0.05, 0) is 18.8 Å². The molecular weight excluding hydrogens is 336 g/mol. The number of carbonyl (C=O) groups is 1.